The highest BCUT2D eigenvalue weighted by atomic mass is 16.6. The van der Waals surface area contributed by atoms with E-state index in [1.807, 2.05) is 0 Å². The van der Waals surface area contributed by atoms with E-state index in [1.165, 1.54) is 6.07 Å². The van der Waals surface area contributed by atoms with Gasteiger partial charge in [-0.3, -0.25) is 10.1 Å². The third kappa shape index (κ3) is 2.74. The molecule has 0 bridgehead atoms. The summed E-state index contributed by atoms with van der Waals surface area (Å²) in [4.78, 5) is 10.4. The molecule has 0 spiro atoms. The molecule has 1 aliphatic rings. The molecule has 1 saturated heterocycles. The Kier molecular flexibility index (Phi) is 3.58. The molecule has 0 aliphatic carbocycles. The van der Waals surface area contributed by atoms with Crippen LogP contribution in [0.3, 0.4) is 0 Å². The van der Waals surface area contributed by atoms with E-state index in [4.69, 9.17) is 4.74 Å². The number of nitrogens with one attached hydrogen (secondary N) is 1. The van der Waals surface area contributed by atoms with Gasteiger partial charge in [-0.15, -0.1) is 0 Å². The lowest BCUT2D eigenvalue weighted by molar-refractivity contribution is -0.384. The summed E-state index contributed by atoms with van der Waals surface area (Å²) in [6.45, 7) is 2.01. The molecule has 1 heterocycles. The van der Waals surface area contributed by atoms with E-state index in [0.717, 1.165) is 37.2 Å². The zero-order chi connectivity index (χ0) is 12.3. The van der Waals surface area contributed by atoms with Crippen LogP contribution in [0.4, 0.5) is 5.69 Å². The molecule has 0 aromatic heterocycles. The van der Waals surface area contributed by atoms with Crippen LogP contribution in [0.1, 0.15) is 12.0 Å². The summed E-state index contributed by atoms with van der Waals surface area (Å²) in [5.41, 5.74) is 1.06. The Morgan fingerprint density at radius 1 is 1.59 bits per heavy atom. The third-order valence-electron chi connectivity index (χ3n) is 3.15. The summed E-state index contributed by atoms with van der Waals surface area (Å²) in [5.74, 6) is 1.29. The Hall–Kier alpha value is -1.62. The molecule has 1 N–H and O–H groups in total. The average Bonchev–Trinajstić information content (AvgIpc) is 2.81. The molecule has 5 heteroatoms. The van der Waals surface area contributed by atoms with Gasteiger partial charge in [0.15, 0.2) is 0 Å². The number of benzene rings is 1. The van der Waals surface area contributed by atoms with Gasteiger partial charge in [0, 0.05) is 17.7 Å². The number of hydrogen-bond acceptors (Lipinski definition) is 4. The molecule has 92 valence electrons. The quantitative estimate of drug-likeness (QED) is 0.639. The summed E-state index contributed by atoms with van der Waals surface area (Å²) in [7, 11) is 1.59. The van der Waals surface area contributed by atoms with Gasteiger partial charge in [-0.05, 0) is 37.9 Å². The van der Waals surface area contributed by atoms with Gasteiger partial charge in [-0.2, -0.15) is 0 Å². The van der Waals surface area contributed by atoms with E-state index in [-0.39, 0.29) is 10.6 Å². The largest absolute Gasteiger partial charge is 0.496 e. The molecule has 2 rings (SSSR count). The number of nitro groups is 1. The standard InChI is InChI=1S/C12H16N2O3/c1-17-12-3-2-11(14(15)16)7-10(12)6-9-4-5-13-8-9/h2-3,7,9,13H,4-6,8H2,1H3. The minimum absolute atomic E-state index is 0.131. The minimum atomic E-state index is -0.365. The van der Waals surface area contributed by atoms with Crippen molar-refractivity contribution in [2.75, 3.05) is 20.2 Å². The highest BCUT2D eigenvalue weighted by Gasteiger charge is 2.19. The van der Waals surface area contributed by atoms with Crippen molar-refractivity contribution in [1.82, 2.24) is 5.32 Å². The minimum Gasteiger partial charge on any atom is -0.496 e. The molecule has 0 amide bonds. The number of hydrogen-bond donors (Lipinski definition) is 1. The second kappa shape index (κ2) is 5.14. The highest BCUT2D eigenvalue weighted by Crippen LogP contribution is 2.27. The SMILES string of the molecule is COc1ccc([N+](=O)[O-])cc1CC1CCNC1. The second-order valence-electron chi connectivity index (χ2n) is 4.32. The van der Waals surface area contributed by atoms with Crippen molar-refractivity contribution in [3.63, 3.8) is 0 Å². The Morgan fingerprint density at radius 2 is 2.41 bits per heavy atom. The molecular formula is C12H16N2O3. The maximum Gasteiger partial charge on any atom is 0.269 e. The first kappa shape index (κ1) is 11.9. The lowest BCUT2D eigenvalue weighted by atomic mass is 9.97. The smallest absolute Gasteiger partial charge is 0.269 e. The first-order chi connectivity index (χ1) is 8.20. The highest BCUT2D eigenvalue weighted by molar-refractivity contribution is 5.44. The van der Waals surface area contributed by atoms with Gasteiger partial charge in [0.25, 0.3) is 5.69 Å². The van der Waals surface area contributed by atoms with Crippen molar-refractivity contribution in [1.29, 1.82) is 0 Å². The van der Waals surface area contributed by atoms with Crippen molar-refractivity contribution in [2.45, 2.75) is 12.8 Å². The molecule has 0 radical (unpaired) electrons. The van der Waals surface area contributed by atoms with Crippen LogP contribution in [-0.2, 0) is 6.42 Å². The Labute approximate surface area is 99.9 Å². The zero-order valence-electron chi connectivity index (χ0n) is 9.81. The zero-order valence-corrected chi connectivity index (χ0v) is 9.81. The monoisotopic (exact) mass is 236 g/mol. The number of rotatable bonds is 4. The van der Waals surface area contributed by atoms with Crippen molar-refractivity contribution in [2.24, 2.45) is 5.92 Å². The first-order valence-electron chi connectivity index (χ1n) is 5.72. The van der Waals surface area contributed by atoms with Crippen LogP contribution in [0.5, 0.6) is 5.75 Å². The van der Waals surface area contributed by atoms with Crippen LogP contribution < -0.4 is 10.1 Å². The lowest BCUT2D eigenvalue weighted by Gasteiger charge is -2.12. The van der Waals surface area contributed by atoms with Crippen LogP contribution in [0.25, 0.3) is 0 Å². The summed E-state index contributed by atoms with van der Waals surface area (Å²) in [6.07, 6.45) is 1.95. The lowest BCUT2D eigenvalue weighted by Crippen LogP contribution is -2.11. The van der Waals surface area contributed by atoms with Gasteiger partial charge in [-0.25, -0.2) is 0 Å². The van der Waals surface area contributed by atoms with Crippen molar-refractivity contribution < 1.29 is 9.66 Å². The average molecular weight is 236 g/mol. The van der Waals surface area contributed by atoms with Crippen molar-refractivity contribution in [3.8, 4) is 5.75 Å². The molecule has 1 aromatic carbocycles. The Balaban J connectivity index is 2.21. The van der Waals surface area contributed by atoms with E-state index in [9.17, 15) is 10.1 Å². The van der Waals surface area contributed by atoms with E-state index < -0.39 is 0 Å². The fourth-order valence-corrected chi connectivity index (χ4v) is 2.24. The van der Waals surface area contributed by atoms with Gasteiger partial charge in [-0.1, -0.05) is 0 Å². The van der Waals surface area contributed by atoms with E-state index >= 15 is 0 Å². The van der Waals surface area contributed by atoms with E-state index in [2.05, 4.69) is 5.32 Å². The molecule has 5 nitrogen and oxygen atoms in total. The molecular weight excluding hydrogens is 220 g/mol. The normalized spacial score (nSPS) is 19.2. The number of nitrogens with zero attached hydrogens (tertiary/aromatic N) is 1. The van der Waals surface area contributed by atoms with Gasteiger partial charge in [0.1, 0.15) is 5.75 Å². The molecule has 1 unspecified atom stereocenters. The van der Waals surface area contributed by atoms with Gasteiger partial charge in [0.2, 0.25) is 0 Å². The molecule has 0 saturated carbocycles. The summed E-state index contributed by atoms with van der Waals surface area (Å²) in [5, 5.41) is 14.0. The predicted molar refractivity (Wildman–Crippen MR) is 64.3 cm³/mol. The number of nitro benzene ring substituents is 1. The maximum absolute atomic E-state index is 10.7. The van der Waals surface area contributed by atoms with Gasteiger partial charge < -0.3 is 10.1 Å². The number of methoxy groups -OCH3 is 1. The van der Waals surface area contributed by atoms with Crippen LogP contribution >= 0.6 is 0 Å². The summed E-state index contributed by atoms with van der Waals surface area (Å²) in [6, 6.07) is 4.78. The van der Waals surface area contributed by atoms with Crippen LogP contribution in [0, 0.1) is 16.0 Å². The van der Waals surface area contributed by atoms with Crippen molar-refractivity contribution >= 4 is 5.69 Å². The maximum atomic E-state index is 10.7. The van der Waals surface area contributed by atoms with Crippen LogP contribution in [0.15, 0.2) is 18.2 Å². The van der Waals surface area contributed by atoms with Crippen molar-refractivity contribution in [3.05, 3.63) is 33.9 Å². The van der Waals surface area contributed by atoms with Crippen LogP contribution in [-0.4, -0.2) is 25.1 Å². The topological polar surface area (TPSA) is 64.4 Å². The summed E-state index contributed by atoms with van der Waals surface area (Å²) >= 11 is 0. The predicted octanol–water partition coefficient (Wildman–Crippen LogP) is 1.76. The van der Waals surface area contributed by atoms with Crippen LogP contribution in [0.2, 0.25) is 0 Å². The van der Waals surface area contributed by atoms with E-state index in [1.54, 1.807) is 19.2 Å². The second-order valence-corrected chi connectivity index (χ2v) is 4.32. The van der Waals surface area contributed by atoms with Gasteiger partial charge >= 0.3 is 0 Å². The molecule has 1 aliphatic heterocycles. The molecule has 1 fully saturated rings. The molecule has 1 atom stereocenters. The fourth-order valence-electron chi connectivity index (χ4n) is 2.24. The number of non-ortho nitro benzene ring substituents is 1. The number of ether oxygens (including phenoxy) is 1. The third-order valence-corrected chi connectivity index (χ3v) is 3.15. The Morgan fingerprint density at radius 3 is 3.00 bits per heavy atom. The Bertz CT molecular complexity index is 414. The molecule has 17 heavy (non-hydrogen) atoms. The molecule has 1 aromatic rings. The van der Waals surface area contributed by atoms with Gasteiger partial charge in [0.05, 0.1) is 12.0 Å². The first-order valence-corrected chi connectivity index (χ1v) is 5.72. The van der Waals surface area contributed by atoms with E-state index in [0.29, 0.717) is 5.92 Å². The summed E-state index contributed by atoms with van der Waals surface area (Å²) < 4.78 is 5.25. The fraction of sp³-hybridized carbons (Fsp3) is 0.500.